The lowest BCUT2D eigenvalue weighted by molar-refractivity contribution is 0.306. The topological polar surface area (TPSA) is 96.3 Å². The van der Waals surface area contributed by atoms with Crippen LogP contribution >= 0.6 is 0 Å². The van der Waals surface area contributed by atoms with Crippen molar-refractivity contribution < 1.29 is 4.74 Å². The molecule has 0 bridgehead atoms. The number of hydrogen-bond donors (Lipinski definition) is 2. The molecule has 0 fully saturated rings. The van der Waals surface area contributed by atoms with Gasteiger partial charge in [-0.25, -0.2) is 0 Å². The van der Waals surface area contributed by atoms with Crippen LogP contribution in [0.5, 0.6) is 5.75 Å². The van der Waals surface area contributed by atoms with Gasteiger partial charge in [0.2, 0.25) is 0 Å². The van der Waals surface area contributed by atoms with E-state index in [1.54, 1.807) is 18.5 Å². The molecular weight excluding hydrogens is 410 g/mol. The molecule has 0 aliphatic carbocycles. The fraction of sp³-hybridized carbons (Fsp3) is 0.222. The zero-order valence-electron chi connectivity index (χ0n) is 18.9. The molecule has 0 saturated heterocycles. The molecule has 1 aliphatic heterocycles. The number of pyridine rings is 1. The van der Waals surface area contributed by atoms with Crippen molar-refractivity contribution in [2.75, 3.05) is 13.1 Å². The van der Waals surface area contributed by atoms with Crippen LogP contribution in [0.1, 0.15) is 47.6 Å². The number of aromatic nitrogens is 1. The van der Waals surface area contributed by atoms with Crippen molar-refractivity contribution in [1.29, 1.82) is 5.26 Å². The van der Waals surface area contributed by atoms with Crippen LogP contribution in [-0.4, -0.2) is 23.9 Å². The van der Waals surface area contributed by atoms with Crippen LogP contribution in [-0.2, 0) is 6.61 Å². The zero-order chi connectivity index (χ0) is 23.2. The third-order valence-corrected chi connectivity index (χ3v) is 5.60. The lowest BCUT2D eigenvalue weighted by Crippen LogP contribution is -2.22. The molecule has 0 spiro atoms. The Labute approximate surface area is 194 Å². The second kappa shape index (κ2) is 10.0. The minimum atomic E-state index is 0.429. The van der Waals surface area contributed by atoms with Gasteiger partial charge in [0.25, 0.3) is 0 Å². The van der Waals surface area contributed by atoms with Crippen molar-refractivity contribution in [3.63, 3.8) is 0 Å². The average molecular weight is 438 g/mol. The number of nitriles is 1. The van der Waals surface area contributed by atoms with Gasteiger partial charge in [-0.2, -0.15) is 5.26 Å². The summed E-state index contributed by atoms with van der Waals surface area (Å²) in [6, 6.07) is 19.9. The first-order valence-corrected chi connectivity index (χ1v) is 11.0. The summed E-state index contributed by atoms with van der Waals surface area (Å²) in [6.07, 6.45) is 3.39. The number of rotatable bonds is 7. The second-order valence-electron chi connectivity index (χ2n) is 8.19. The molecule has 6 nitrogen and oxygen atoms in total. The van der Waals surface area contributed by atoms with Crippen LogP contribution in [0.3, 0.4) is 0 Å². The van der Waals surface area contributed by atoms with Crippen molar-refractivity contribution >= 4 is 17.1 Å². The predicted octanol–water partition coefficient (Wildman–Crippen LogP) is 4.48. The average Bonchev–Trinajstić information content (AvgIpc) is 3.38. The Morgan fingerprint density at radius 2 is 1.88 bits per heavy atom. The summed E-state index contributed by atoms with van der Waals surface area (Å²) in [4.78, 5) is 8.63. The third kappa shape index (κ3) is 5.04. The van der Waals surface area contributed by atoms with E-state index < -0.39 is 0 Å². The van der Waals surface area contributed by atoms with Crippen LogP contribution in [0, 0.1) is 11.3 Å². The van der Waals surface area contributed by atoms with Gasteiger partial charge in [0.05, 0.1) is 23.9 Å². The molecule has 0 amide bonds. The molecule has 0 radical (unpaired) electrons. The van der Waals surface area contributed by atoms with Gasteiger partial charge in [-0.15, -0.1) is 0 Å². The Morgan fingerprint density at radius 3 is 2.52 bits per heavy atom. The van der Waals surface area contributed by atoms with Crippen LogP contribution in [0.4, 0.5) is 0 Å². The quantitative estimate of drug-likeness (QED) is 0.568. The SMILES string of the molecule is CC(C)c1ccc(COc2ccc(C(C3=NCCN3)=C(N)c3ccncc3)c(C#N)c2)cc1. The molecular formula is C27H27N5O. The number of aliphatic imine (C=N–C) groups is 1. The number of benzene rings is 2. The maximum atomic E-state index is 9.92. The summed E-state index contributed by atoms with van der Waals surface area (Å²) in [5.41, 5.74) is 12.2. The van der Waals surface area contributed by atoms with Crippen LogP contribution in [0.25, 0.3) is 11.3 Å². The Bertz CT molecular complexity index is 1220. The van der Waals surface area contributed by atoms with Gasteiger partial charge in [0.15, 0.2) is 0 Å². The molecule has 0 unspecified atom stereocenters. The van der Waals surface area contributed by atoms with Crippen molar-refractivity contribution in [3.05, 3.63) is 94.8 Å². The number of hydrogen-bond acceptors (Lipinski definition) is 6. The van der Waals surface area contributed by atoms with E-state index in [1.165, 1.54) is 5.56 Å². The highest BCUT2D eigenvalue weighted by atomic mass is 16.5. The lowest BCUT2D eigenvalue weighted by Gasteiger charge is -2.16. The fourth-order valence-corrected chi connectivity index (χ4v) is 3.73. The van der Waals surface area contributed by atoms with E-state index in [9.17, 15) is 5.26 Å². The van der Waals surface area contributed by atoms with E-state index in [4.69, 9.17) is 10.5 Å². The molecule has 33 heavy (non-hydrogen) atoms. The monoisotopic (exact) mass is 437 g/mol. The molecule has 6 heteroatoms. The molecule has 3 aromatic rings. The maximum absolute atomic E-state index is 9.92. The Hall–Kier alpha value is -4.11. The zero-order valence-corrected chi connectivity index (χ0v) is 18.9. The second-order valence-corrected chi connectivity index (χ2v) is 8.19. The largest absolute Gasteiger partial charge is 0.489 e. The van der Waals surface area contributed by atoms with Crippen LogP contribution in [0.2, 0.25) is 0 Å². The molecule has 4 rings (SSSR count). The van der Waals surface area contributed by atoms with E-state index >= 15 is 0 Å². The van der Waals surface area contributed by atoms with Gasteiger partial charge in [-0.05, 0) is 47.4 Å². The Balaban J connectivity index is 1.64. The van der Waals surface area contributed by atoms with E-state index in [0.29, 0.717) is 53.1 Å². The molecule has 1 aliphatic rings. The third-order valence-electron chi connectivity index (χ3n) is 5.60. The smallest absolute Gasteiger partial charge is 0.131 e. The van der Waals surface area contributed by atoms with Gasteiger partial charge < -0.3 is 15.8 Å². The first-order chi connectivity index (χ1) is 16.1. The van der Waals surface area contributed by atoms with Gasteiger partial charge in [0.1, 0.15) is 18.2 Å². The van der Waals surface area contributed by atoms with Crippen molar-refractivity contribution in [1.82, 2.24) is 10.3 Å². The van der Waals surface area contributed by atoms with Gasteiger partial charge in [-0.3, -0.25) is 9.98 Å². The molecule has 2 aromatic carbocycles. The summed E-state index contributed by atoms with van der Waals surface area (Å²) in [5, 5.41) is 13.2. The molecule has 1 aromatic heterocycles. The summed E-state index contributed by atoms with van der Waals surface area (Å²) in [6.45, 7) is 6.18. The minimum absolute atomic E-state index is 0.429. The highest BCUT2D eigenvalue weighted by Gasteiger charge is 2.21. The minimum Gasteiger partial charge on any atom is -0.489 e. The van der Waals surface area contributed by atoms with Gasteiger partial charge in [-0.1, -0.05) is 38.1 Å². The van der Waals surface area contributed by atoms with Crippen molar-refractivity contribution in [3.8, 4) is 11.8 Å². The van der Waals surface area contributed by atoms with E-state index in [2.05, 4.69) is 59.5 Å². The normalized spacial score (nSPS) is 13.7. The number of ether oxygens (including phenoxy) is 1. The van der Waals surface area contributed by atoms with E-state index in [0.717, 1.165) is 17.7 Å². The first kappa shape index (κ1) is 22.1. The maximum Gasteiger partial charge on any atom is 0.131 e. The first-order valence-electron chi connectivity index (χ1n) is 11.0. The van der Waals surface area contributed by atoms with Gasteiger partial charge >= 0.3 is 0 Å². The highest BCUT2D eigenvalue weighted by molar-refractivity contribution is 6.30. The summed E-state index contributed by atoms with van der Waals surface area (Å²) in [7, 11) is 0. The Kier molecular flexibility index (Phi) is 6.70. The number of nitrogens with one attached hydrogen (secondary N) is 1. The number of nitrogens with zero attached hydrogens (tertiary/aromatic N) is 3. The van der Waals surface area contributed by atoms with Crippen LogP contribution < -0.4 is 15.8 Å². The fourth-order valence-electron chi connectivity index (χ4n) is 3.73. The lowest BCUT2D eigenvalue weighted by atomic mass is 9.95. The number of amidine groups is 1. The van der Waals surface area contributed by atoms with Crippen molar-refractivity contribution in [2.45, 2.75) is 26.4 Å². The number of nitrogens with two attached hydrogens (primary N) is 1. The molecule has 0 saturated carbocycles. The summed E-state index contributed by atoms with van der Waals surface area (Å²) >= 11 is 0. The molecule has 0 atom stereocenters. The van der Waals surface area contributed by atoms with E-state index in [1.807, 2.05) is 24.3 Å². The summed E-state index contributed by atoms with van der Waals surface area (Å²) < 4.78 is 5.99. The van der Waals surface area contributed by atoms with E-state index in [-0.39, 0.29) is 0 Å². The predicted molar refractivity (Wildman–Crippen MR) is 132 cm³/mol. The molecule has 3 N–H and O–H groups in total. The van der Waals surface area contributed by atoms with Crippen LogP contribution in [0.15, 0.2) is 72.0 Å². The van der Waals surface area contributed by atoms with Crippen molar-refractivity contribution in [2.24, 2.45) is 10.7 Å². The standard InChI is InChI=1S/C27H27N5O/c1-18(2)20-5-3-19(4-6-20)17-33-23-7-8-24(22(15-23)16-28)25(27-31-13-14-32-27)26(29)21-9-11-30-12-10-21/h3-12,15,18H,13-14,17,29H2,1-2H3,(H,31,32). The Morgan fingerprint density at radius 1 is 1.12 bits per heavy atom. The summed E-state index contributed by atoms with van der Waals surface area (Å²) in [5.74, 6) is 1.82. The van der Waals surface area contributed by atoms with Gasteiger partial charge in [0, 0.05) is 35.6 Å². The molecule has 2 heterocycles. The highest BCUT2D eigenvalue weighted by Crippen LogP contribution is 2.30. The molecule has 166 valence electrons.